The third-order valence-corrected chi connectivity index (χ3v) is 4.02. The van der Waals surface area contributed by atoms with E-state index in [1.165, 1.54) is 22.6 Å². The molecule has 0 aliphatic rings. The lowest BCUT2D eigenvalue weighted by Gasteiger charge is -2.02. The van der Waals surface area contributed by atoms with E-state index >= 15 is 0 Å². The van der Waals surface area contributed by atoms with Crippen LogP contribution in [0.3, 0.4) is 0 Å². The lowest BCUT2D eigenvalue weighted by atomic mass is 10.0. The van der Waals surface area contributed by atoms with Crippen LogP contribution in [0.4, 0.5) is 0 Å². The van der Waals surface area contributed by atoms with Crippen molar-refractivity contribution in [1.29, 1.82) is 0 Å². The number of hydrogen-bond donors (Lipinski definition) is 1. The lowest BCUT2D eigenvalue weighted by molar-refractivity contribution is -0.137. The molecule has 3 aromatic rings. The van der Waals surface area contributed by atoms with Gasteiger partial charge in [-0.2, -0.15) is 0 Å². The molecule has 1 N–H and O–H groups in total. The van der Waals surface area contributed by atoms with Crippen molar-refractivity contribution in [3.05, 3.63) is 77.5 Å². The summed E-state index contributed by atoms with van der Waals surface area (Å²) < 4.78 is 4.92. The molecule has 3 heteroatoms. The number of fused-ring (bicyclic) bond motifs is 1. The SMILES string of the molecule is CCOC(=O)C=Cc1ccc2[nH]cc(CCc3ccccc3)c2c1. The number of esters is 1. The Morgan fingerprint density at radius 3 is 2.75 bits per heavy atom. The van der Waals surface area contributed by atoms with Gasteiger partial charge in [-0.3, -0.25) is 0 Å². The fourth-order valence-electron chi connectivity index (χ4n) is 2.78. The highest BCUT2D eigenvalue weighted by molar-refractivity contribution is 5.90. The van der Waals surface area contributed by atoms with Gasteiger partial charge in [-0.1, -0.05) is 36.4 Å². The number of benzene rings is 2. The second-order valence-electron chi connectivity index (χ2n) is 5.69. The second kappa shape index (κ2) is 7.64. The summed E-state index contributed by atoms with van der Waals surface area (Å²) in [7, 11) is 0. The van der Waals surface area contributed by atoms with E-state index < -0.39 is 0 Å². The molecule has 0 saturated heterocycles. The van der Waals surface area contributed by atoms with Gasteiger partial charge in [0.1, 0.15) is 0 Å². The standard InChI is InChI=1S/C21H21NO2/c1-2-24-21(23)13-10-17-9-12-20-19(14-17)18(15-22-20)11-8-16-6-4-3-5-7-16/h3-7,9-10,12-15,22H,2,8,11H2,1H3. The van der Waals surface area contributed by atoms with Crippen LogP contribution in [0.5, 0.6) is 0 Å². The van der Waals surface area contributed by atoms with Gasteiger partial charge in [0, 0.05) is 23.2 Å². The molecule has 0 spiro atoms. The molecule has 0 radical (unpaired) electrons. The lowest BCUT2D eigenvalue weighted by Crippen LogP contribution is -1.98. The molecule has 3 nitrogen and oxygen atoms in total. The summed E-state index contributed by atoms with van der Waals surface area (Å²) in [6, 6.07) is 16.7. The van der Waals surface area contributed by atoms with Crippen LogP contribution in [0.2, 0.25) is 0 Å². The highest BCUT2D eigenvalue weighted by atomic mass is 16.5. The van der Waals surface area contributed by atoms with E-state index in [4.69, 9.17) is 4.74 Å². The van der Waals surface area contributed by atoms with Crippen molar-refractivity contribution in [3.8, 4) is 0 Å². The van der Waals surface area contributed by atoms with Crippen LogP contribution < -0.4 is 0 Å². The molecule has 122 valence electrons. The summed E-state index contributed by atoms with van der Waals surface area (Å²) >= 11 is 0. The maximum Gasteiger partial charge on any atom is 0.330 e. The van der Waals surface area contributed by atoms with E-state index in [1.54, 1.807) is 13.0 Å². The number of aryl methyl sites for hydroxylation is 2. The average Bonchev–Trinajstić information content (AvgIpc) is 3.02. The van der Waals surface area contributed by atoms with Crippen LogP contribution in [0.1, 0.15) is 23.6 Å². The zero-order chi connectivity index (χ0) is 16.8. The van der Waals surface area contributed by atoms with Crippen molar-refractivity contribution in [2.75, 3.05) is 6.61 Å². The van der Waals surface area contributed by atoms with Crippen molar-refractivity contribution < 1.29 is 9.53 Å². The molecular weight excluding hydrogens is 298 g/mol. The maximum absolute atomic E-state index is 11.4. The minimum absolute atomic E-state index is 0.309. The van der Waals surface area contributed by atoms with E-state index in [9.17, 15) is 4.79 Å². The van der Waals surface area contributed by atoms with Gasteiger partial charge in [0.25, 0.3) is 0 Å². The Morgan fingerprint density at radius 1 is 1.12 bits per heavy atom. The zero-order valence-corrected chi connectivity index (χ0v) is 13.8. The summed E-state index contributed by atoms with van der Waals surface area (Å²) in [5.74, 6) is -0.309. The first-order valence-corrected chi connectivity index (χ1v) is 8.25. The number of carbonyl (C=O) groups is 1. The van der Waals surface area contributed by atoms with E-state index in [1.807, 2.05) is 18.2 Å². The van der Waals surface area contributed by atoms with E-state index in [2.05, 4.69) is 41.5 Å². The monoisotopic (exact) mass is 319 g/mol. The molecular formula is C21H21NO2. The molecule has 0 amide bonds. The minimum Gasteiger partial charge on any atom is -0.463 e. The number of aromatic amines is 1. The molecule has 1 aromatic heterocycles. The topological polar surface area (TPSA) is 42.1 Å². The van der Waals surface area contributed by atoms with Crippen LogP contribution >= 0.6 is 0 Å². The van der Waals surface area contributed by atoms with Gasteiger partial charge in [-0.15, -0.1) is 0 Å². The van der Waals surface area contributed by atoms with Gasteiger partial charge in [-0.05, 0) is 54.7 Å². The van der Waals surface area contributed by atoms with Crippen LogP contribution in [0, 0.1) is 0 Å². The van der Waals surface area contributed by atoms with Crippen LogP contribution in [-0.2, 0) is 22.4 Å². The van der Waals surface area contributed by atoms with E-state index in [-0.39, 0.29) is 5.97 Å². The van der Waals surface area contributed by atoms with Gasteiger partial charge in [0.15, 0.2) is 0 Å². The molecule has 0 unspecified atom stereocenters. The van der Waals surface area contributed by atoms with Crippen molar-refractivity contribution in [1.82, 2.24) is 4.98 Å². The first-order chi connectivity index (χ1) is 11.8. The van der Waals surface area contributed by atoms with Crippen molar-refractivity contribution in [2.24, 2.45) is 0 Å². The van der Waals surface area contributed by atoms with Gasteiger partial charge in [-0.25, -0.2) is 4.79 Å². The summed E-state index contributed by atoms with van der Waals surface area (Å²) in [6.45, 7) is 2.19. The average molecular weight is 319 g/mol. The van der Waals surface area contributed by atoms with Crippen LogP contribution in [0.25, 0.3) is 17.0 Å². The highest BCUT2D eigenvalue weighted by Crippen LogP contribution is 2.22. The fraction of sp³-hybridized carbons (Fsp3) is 0.190. The zero-order valence-electron chi connectivity index (χ0n) is 13.8. The van der Waals surface area contributed by atoms with Crippen LogP contribution in [0.15, 0.2) is 60.8 Å². The maximum atomic E-state index is 11.4. The first kappa shape index (κ1) is 16.1. The number of rotatable bonds is 6. The molecule has 3 rings (SSSR count). The summed E-state index contributed by atoms with van der Waals surface area (Å²) in [4.78, 5) is 14.8. The first-order valence-electron chi connectivity index (χ1n) is 8.25. The summed E-state index contributed by atoms with van der Waals surface area (Å²) in [5, 5.41) is 1.21. The Bertz CT molecular complexity index is 847. The fourth-order valence-corrected chi connectivity index (χ4v) is 2.78. The third-order valence-electron chi connectivity index (χ3n) is 4.02. The minimum atomic E-state index is -0.309. The molecule has 0 atom stereocenters. The van der Waals surface area contributed by atoms with Gasteiger partial charge < -0.3 is 9.72 Å². The third kappa shape index (κ3) is 3.93. The molecule has 0 bridgehead atoms. The number of nitrogens with one attached hydrogen (secondary N) is 1. The predicted octanol–water partition coefficient (Wildman–Crippen LogP) is 4.53. The Hall–Kier alpha value is -2.81. The van der Waals surface area contributed by atoms with E-state index in [0.29, 0.717) is 6.61 Å². The quantitative estimate of drug-likeness (QED) is 0.536. The summed E-state index contributed by atoms with van der Waals surface area (Å²) in [6.07, 6.45) is 7.34. The molecule has 2 aromatic carbocycles. The number of hydrogen-bond acceptors (Lipinski definition) is 2. The second-order valence-corrected chi connectivity index (χ2v) is 5.69. The van der Waals surface area contributed by atoms with E-state index in [0.717, 1.165) is 23.9 Å². The number of aromatic nitrogens is 1. The van der Waals surface area contributed by atoms with Crippen molar-refractivity contribution >= 4 is 22.9 Å². The van der Waals surface area contributed by atoms with Crippen LogP contribution in [-0.4, -0.2) is 17.6 Å². The summed E-state index contributed by atoms with van der Waals surface area (Å²) in [5.41, 5.74) is 4.74. The number of ether oxygens (including phenoxy) is 1. The largest absolute Gasteiger partial charge is 0.463 e. The van der Waals surface area contributed by atoms with Crippen molar-refractivity contribution in [2.45, 2.75) is 19.8 Å². The predicted molar refractivity (Wildman–Crippen MR) is 97.8 cm³/mol. The Labute approximate surface area is 142 Å². The number of H-pyrrole nitrogens is 1. The van der Waals surface area contributed by atoms with Gasteiger partial charge in [0.05, 0.1) is 6.61 Å². The highest BCUT2D eigenvalue weighted by Gasteiger charge is 2.05. The normalized spacial score (nSPS) is 11.2. The van der Waals surface area contributed by atoms with Crippen molar-refractivity contribution in [3.63, 3.8) is 0 Å². The smallest absolute Gasteiger partial charge is 0.330 e. The van der Waals surface area contributed by atoms with Gasteiger partial charge >= 0.3 is 5.97 Å². The molecule has 24 heavy (non-hydrogen) atoms. The molecule has 0 fully saturated rings. The Balaban J connectivity index is 1.77. The Morgan fingerprint density at radius 2 is 1.96 bits per heavy atom. The molecule has 0 aliphatic heterocycles. The molecule has 0 aliphatic carbocycles. The molecule has 0 saturated carbocycles. The van der Waals surface area contributed by atoms with Gasteiger partial charge in [0.2, 0.25) is 0 Å². The Kier molecular flexibility index (Phi) is 5.12. The number of carbonyl (C=O) groups excluding carboxylic acids is 1. The molecule has 1 heterocycles.